The van der Waals surface area contributed by atoms with Crippen LogP contribution in [-0.2, 0) is 6.54 Å². The summed E-state index contributed by atoms with van der Waals surface area (Å²) in [7, 11) is 0. The van der Waals surface area contributed by atoms with Crippen molar-refractivity contribution in [3.05, 3.63) is 58.4 Å². The summed E-state index contributed by atoms with van der Waals surface area (Å²) < 4.78 is 13.2. The molecule has 1 N–H and O–H groups in total. The molecule has 0 spiro atoms. The standard InChI is InChI=1S/C17H19ClFN/c1-11(2)20-10-13-4-6-15(12(3)8-13)14-5-7-17(19)16(18)9-14/h4-9,11,20H,10H2,1-3H3. The second-order valence-electron chi connectivity index (χ2n) is 5.31. The van der Waals surface area contributed by atoms with Crippen molar-refractivity contribution < 1.29 is 4.39 Å². The summed E-state index contributed by atoms with van der Waals surface area (Å²) in [6.07, 6.45) is 0. The van der Waals surface area contributed by atoms with Crippen LogP contribution < -0.4 is 5.32 Å². The van der Waals surface area contributed by atoms with E-state index in [2.05, 4.69) is 44.3 Å². The largest absolute Gasteiger partial charge is 0.310 e. The molecule has 0 amide bonds. The zero-order chi connectivity index (χ0) is 14.7. The molecule has 0 fully saturated rings. The molecular formula is C17H19ClFN. The van der Waals surface area contributed by atoms with Crippen LogP contribution in [0.3, 0.4) is 0 Å². The van der Waals surface area contributed by atoms with Gasteiger partial charge in [-0.25, -0.2) is 4.39 Å². The maximum atomic E-state index is 13.2. The average molecular weight is 292 g/mol. The van der Waals surface area contributed by atoms with Crippen molar-refractivity contribution in [3.8, 4) is 11.1 Å². The SMILES string of the molecule is Cc1cc(CNC(C)C)ccc1-c1ccc(F)c(Cl)c1. The Morgan fingerprint density at radius 1 is 1.15 bits per heavy atom. The summed E-state index contributed by atoms with van der Waals surface area (Å²) >= 11 is 5.85. The van der Waals surface area contributed by atoms with Gasteiger partial charge < -0.3 is 5.32 Å². The van der Waals surface area contributed by atoms with Crippen LogP contribution in [0.1, 0.15) is 25.0 Å². The number of hydrogen-bond acceptors (Lipinski definition) is 1. The Morgan fingerprint density at radius 2 is 1.90 bits per heavy atom. The Bertz CT molecular complexity index is 608. The minimum absolute atomic E-state index is 0.160. The van der Waals surface area contributed by atoms with Gasteiger partial charge in [0, 0.05) is 12.6 Å². The number of rotatable bonds is 4. The molecule has 0 atom stereocenters. The maximum absolute atomic E-state index is 13.2. The lowest BCUT2D eigenvalue weighted by Gasteiger charge is -2.12. The van der Waals surface area contributed by atoms with E-state index in [0.29, 0.717) is 6.04 Å². The molecule has 0 aromatic heterocycles. The Kier molecular flexibility index (Phi) is 4.79. The topological polar surface area (TPSA) is 12.0 Å². The fourth-order valence-electron chi connectivity index (χ4n) is 2.15. The predicted molar refractivity (Wildman–Crippen MR) is 83.6 cm³/mol. The van der Waals surface area contributed by atoms with Crippen LogP contribution in [0.5, 0.6) is 0 Å². The normalized spacial score (nSPS) is 11.1. The minimum atomic E-state index is -0.383. The van der Waals surface area contributed by atoms with Crippen LogP contribution in [-0.4, -0.2) is 6.04 Å². The van der Waals surface area contributed by atoms with Crippen LogP contribution in [0.4, 0.5) is 4.39 Å². The van der Waals surface area contributed by atoms with Gasteiger partial charge in [0.05, 0.1) is 5.02 Å². The fourth-order valence-corrected chi connectivity index (χ4v) is 2.33. The van der Waals surface area contributed by atoms with Crippen LogP contribution in [0, 0.1) is 12.7 Å². The van der Waals surface area contributed by atoms with Gasteiger partial charge in [-0.3, -0.25) is 0 Å². The number of aryl methyl sites for hydroxylation is 1. The molecule has 2 aromatic carbocycles. The summed E-state index contributed by atoms with van der Waals surface area (Å²) in [5.41, 5.74) is 4.43. The van der Waals surface area contributed by atoms with Gasteiger partial charge in [0.25, 0.3) is 0 Å². The zero-order valence-corrected chi connectivity index (χ0v) is 12.8. The molecule has 0 unspecified atom stereocenters. The lowest BCUT2D eigenvalue weighted by molar-refractivity contribution is 0.589. The highest BCUT2D eigenvalue weighted by molar-refractivity contribution is 6.31. The Hall–Kier alpha value is -1.38. The van der Waals surface area contributed by atoms with Gasteiger partial charge in [-0.1, -0.05) is 49.7 Å². The molecule has 0 aliphatic heterocycles. The van der Waals surface area contributed by atoms with E-state index in [1.807, 2.05) is 0 Å². The molecular weight excluding hydrogens is 273 g/mol. The van der Waals surface area contributed by atoms with Crippen molar-refractivity contribution in [3.63, 3.8) is 0 Å². The second-order valence-corrected chi connectivity index (χ2v) is 5.72. The van der Waals surface area contributed by atoms with Crippen molar-refractivity contribution in [2.24, 2.45) is 0 Å². The highest BCUT2D eigenvalue weighted by Gasteiger charge is 2.06. The highest BCUT2D eigenvalue weighted by atomic mass is 35.5. The van der Waals surface area contributed by atoms with Crippen LogP contribution in [0.25, 0.3) is 11.1 Å². The van der Waals surface area contributed by atoms with Gasteiger partial charge in [-0.15, -0.1) is 0 Å². The first-order valence-electron chi connectivity index (χ1n) is 6.75. The van der Waals surface area contributed by atoms with Crippen molar-refractivity contribution in [1.82, 2.24) is 5.32 Å². The van der Waals surface area contributed by atoms with E-state index in [-0.39, 0.29) is 10.8 Å². The third-order valence-corrected chi connectivity index (χ3v) is 3.53. The van der Waals surface area contributed by atoms with Gasteiger partial charge >= 0.3 is 0 Å². The maximum Gasteiger partial charge on any atom is 0.141 e. The van der Waals surface area contributed by atoms with E-state index in [9.17, 15) is 4.39 Å². The molecule has 2 aromatic rings. The third-order valence-electron chi connectivity index (χ3n) is 3.24. The first-order valence-corrected chi connectivity index (χ1v) is 7.13. The van der Waals surface area contributed by atoms with Crippen molar-refractivity contribution >= 4 is 11.6 Å². The number of nitrogens with one attached hydrogen (secondary N) is 1. The molecule has 2 rings (SSSR count). The second kappa shape index (κ2) is 6.38. The van der Waals surface area contributed by atoms with E-state index >= 15 is 0 Å². The molecule has 106 valence electrons. The van der Waals surface area contributed by atoms with Crippen LogP contribution in [0.15, 0.2) is 36.4 Å². The van der Waals surface area contributed by atoms with Crippen LogP contribution >= 0.6 is 11.6 Å². The Labute approximate surface area is 124 Å². The number of halogens is 2. The van der Waals surface area contributed by atoms with E-state index in [1.54, 1.807) is 12.1 Å². The van der Waals surface area contributed by atoms with Gasteiger partial charge in [0.1, 0.15) is 5.82 Å². The molecule has 3 heteroatoms. The molecule has 0 saturated heterocycles. The van der Waals surface area contributed by atoms with Gasteiger partial charge in [0.15, 0.2) is 0 Å². The molecule has 20 heavy (non-hydrogen) atoms. The monoisotopic (exact) mass is 291 g/mol. The molecule has 0 radical (unpaired) electrons. The van der Waals surface area contributed by atoms with Crippen molar-refractivity contribution in [2.75, 3.05) is 0 Å². The summed E-state index contributed by atoms with van der Waals surface area (Å²) in [5, 5.41) is 3.55. The molecule has 0 saturated carbocycles. The summed E-state index contributed by atoms with van der Waals surface area (Å²) in [6.45, 7) is 7.16. The van der Waals surface area contributed by atoms with E-state index in [0.717, 1.165) is 23.2 Å². The molecule has 0 bridgehead atoms. The average Bonchev–Trinajstić information content (AvgIpc) is 2.40. The van der Waals surface area contributed by atoms with E-state index in [1.165, 1.54) is 11.6 Å². The van der Waals surface area contributed by atoms with Crippen LogP contribution in [0.2, 0.25) is 5.02 Å². The highest BCUT2D eigenvalue weighted by Crippen LogP contribution is 2.28. The summed E-state index contributed by atoms with van der Waals surface area (Å²) in [5.74, 6) is -0.383. The minimum Gasteiger partial charge on any atom is -0.310 e. The third kappa shape index (κ3) is 3.59. The van der Waals surface area contributed by atoms with Crippen molar-refractivity contribution in [2.45, 2.75) is 33.4 Å². The lowest BCUT2D eigenvalue weighted by Crippen LogP contribution is -2.21. The quantitative estimate of drug-likeness (QED) is 0.840. The van der Waals surface area contributed by atoms with Gasteiger partial charge in [0.2, 0.25) is 0 Å². The molecule has 0 aliphatic rings. The first-order chi connectivity index (χ1) is 9.47. The van der Waals surface area contributed by atoms with Crippen molar-refractivity contribution in [1.29, 1.82) is 0 Å². The first kappa shape index (κ1) is 15.0. The summed E-state index contributed by atoms with van der Waals surface area (Å²) in [6, 6.07) is 11.6. The summed E-state index contributed by atoms with van der Waals surface area (Å²) in [4.78, 5) is 0. The fraction of sp³-hybridized carbons (Fsp3) is 0.294. The van der Waals surface area contributed by atoms with Gasteiger partial charge in [-0.05, 0) is 41.3 Å². The lowest BCUT2D eigenvalue weighted by atomic mass is 9.98. The number of benzene rings is 2. The molecule has 0 aliphatic carbocycles. The predicted octanol–water partition coefficient (Wildman–Crippen LogP) is 4.95. The van der Waals surface area contributed by atoms with Gasteiger partial charge in [-0.2, -0.15) is 0 Å². The smallest absolute Gasteiger partial charge is 0.141 e. The molecule has 0 heterocycles. The Morgan fingerprint density at radius 3 is 2.50 bits per heavy atom. The zero-order valence-electron chi connectivity index (χ0n) is 12.0. The van der Waals surface area contributed by atoms with E-state index in [4.69, 9.17) is 11.6 Å². The number of hydrogen-bond donors (Lipinski definition) is 1. The molecule has 1 nitrogen and oxygen atoms in total. The Balaban J connectivity index is 2.27. The van der Waals surface area contributed by atoms with E-state index < -0.39 is 0 Å².